The van der Waals surface area contributed by atoms with Gasteiger partial charge in [-0.15, -0.1) is 17.9 Å². The van der Waals surface area contributed by atoms with Crippen LogP contribution in [0.1, 0.15) is 29.4 Å². The Morgan fingerprint density at radius 2 is 2.24 bits per heavy atom. The molecule has 1 atom stereocenters. The van der Waals surface area contributed by atoms with Crippen LogP contribution in [0.2, 0.25) is 0 Å². The van der Waals surface area contributed by atoms with E-state index in [1.807, 2.05) is 20.8 Å². The summed E-state index contributed by atoms with van der Waals surface area (Å²) in [5.74, 6) is -0.236. The maximum Gasteiger partial charge on any atom is 0.316 e. The van der Waals surface area contributed by atoms with Gasteiger partial charge in [-0.1, -0.05) is 6.08 Å². The normalized spacial score (nSPS) is 14.1. The second kappa shape index (κ2) is 5.45. The summed E-state index contributed by atoms with van der Waals surface area (Å²) in [7, 11) is 0. The highest BCUT2D eigenvalue weighted by molar-refractivity contribution is 7.11. The fourth-order valence-electron chi connectivity index (χ4n) is 1.45. The molecular formula is C13H19NO2S. The lowest BCUT2D eigenvalue weighted by atomic mass is 9.87. The predicted molar refractivity (Wildman–Crippen MR) is 70.2 cm³/mol. The zero-order valence-electron chi connectivity index (χ0n) is 10.9. The number of hydrogen-bond acceptors (Lipinski definition) is 4. The summed E-state index contributed by atoms with van der Waals surface area (Å²) in [5, 5.41) is 0.954. The van der Waals surface area contributed by atoms with Crippen LogP contribution in [0, 0.1) is 19.3 Å². The fraction of sp³-hybridized carbons (Fsp3) is 0.538. The van der Waals surface area contributed by atoms with Crippen molar-refractivity contribution in [2.75, 3.05) is 6.61 Å². The van der Waals surface area contributed by atoms with E-state index in [1.165, 1.54) is 4.88 Å². The molecular weight excluding hydrogens is 234 g/mol. The molecule has 0 aliphatic heterocycles. The monoisotopic (exact) mass is 253 g/mol. The molecule has 0 radical (unpaired) electrons. The molecule has 4 heteroatoms. The van der Waals surface area contributed by atoms with E-state index in [0.717, 1.165) is 10.7 Å². The van der Waals surface area contributed by atoms with Gasteiger partial charge in [0.1, 0.15) is 0 Å². The number of aromatic nitrogens is 1. The van der Waals surface area contributed by atoms with Crippen molar-refractivity contribution in [3.8, 4) is 0 Å². The average molecular weight is 253 g/mol. The largest absolute Gasteiger partial charge is 0.465 e. The molecule has 0 saturated heterocycles. The third-order valence-electron chi connectivity index (χ3n) is 2.78. The quantitative estimate of drug-likeness (QED) is 0.598. The van der Waals surface area contributed by atoms with Crippen molar-refractivity contribution < 1.29 is 9.53 Å². The minimum atomic E-state index is -0.688. The van der Waals surface area contributed by atoms with Gasteiger partial charge in [-0.3, -0.25) is 4.79 Å². The van der Waals surface area contributed by atoms with E-state index in [0.29, 0.717) is 13.0 Å². The lowest BCUT2D eigenvalue weighted by Gasteiger charge is -2.21. The first kappa shape index (κ1) is 13.9. The third kappa shape index (κ3) is 3.16. The Morgan fingerprint density at radius 3 is 2.65 bits per heavy atom. The molecule has 1 heterocycles. The number of carbonyl (C=O) groups is 1. The van der Waals surface area contributed by atoms with Crippen LogP contribution in [0.15, 0.2) is 12.7 Å². The second-order valence-electron chi connectivity index (χ2n) is 4.27. The Hall–Kier alpha value is -1.16. The first-order chi connectivity index (χ1) is 7.92. The summed E-state index contributed by atoms with van der Waals surface area (Å²) in [6.45, 7) is 11.8. The maximum absolute atomic E-state index is 11.9. The van der Waals surface area contributed by atoms with Crippen LogP contribution >= 0.6 is 11.3 Å². The molecule has 0 bridgehead atoms. The molecule has 0 fully saturated rings. The lowest BCUT2D eigenvalue weighted by molar-refractivity contribution is -0.151. The van der Waals surface area contributed by atoms with Crippen LogP contribution in [0.5, 0.6) is 0 Å². The number of carbonyl (C=O) groups excluding carboxylic acids is 1. The van der Waals surface area contributed by atoms with E-state index < -0.39 is 5.41 Å². The minimum Gasteiger partial charge on any atom is -0.465 e. The highest BCUT2D eigenvalue weighted by Gasteiger charge is 2.32. The minimum absolute atomic E-state index is 0.236. The van der Waals surface area contributed by atoms with E-state index >= 15 is 0 Å². The molecule has 0 aliphatic rings. The Balaban J connectivity index is 2.88. The Bertz CT molecular complexity index is 406. The SMILES string of the molecule is C=CC(C)(Cc1nc(C)c(C)s1)C(=O)OCC. The van der Waals surface area contributed by atoms with Gasteiger partial charge in [-0.2, -0.15) is 0 Å². The van der Waals surface area contributed by atoms with Gasteiger partial charge in [0.25, 0.3) is 0 Å². The third-order valence-corrected chi connectivity index (χ3v) is 3.86. The Labute approximate surface area is 107 Å². The van der Waals surface area contributed by atoms with Crippen LogP contribution in [0.25, 0.3) is 0 Å². The molecule has 17 heavy (non-hydrogen) atoms. The number of aryl methyl sites for hydroxylation is 2. The van der Waals surface area contributed by atoms with Crippen LogP contribution in [-0.4, -0.2) is 17.6 Å². The number of rotatable bonds is 5. The molecule has 1 rings (SSSR count). The van der Waals surface area contributed by atoms with Gasteiger partial charge in [-0.25, -0.2) is 4.98 Å². The molecule has 0 spiro atoms. The van der Waals surface area contributed by atoms with Crippen molar-refractivity contribution in [2.45, 2.75) is 34.1 Å². The van der Waals surface area contributed by atoms with Crippen molar-refractivity contribution in [2.24, 2.45) is 5.41 Å². The molecule has 0 aromatic carbocycles. The molecule has 0 amide bonds. The van der Waals surface area contributed by atoms with E-state index in [1.54, 1.807) is 24.3 Å². The number of thiazole rings is 1. The van der Waals surface area contributed by atoms with Gasteiger partial charge in [0.2, 0.25) is 0 Å². The van der Waals surface area contributed by atoms with Gasteiger partial charge in [0.05, 0.1) is 22.7 Å². The van der Waals surface area contributed by atoms with Crippen LogP contribution in [0.4, 0.5) is 0 Å². The zero-order chi connectivity index (χ0) is 13.1. The lowest BCUT2D eigenvalue weighted by Crippen LogP contribution is -2.30. The van der Waals surface area contributed by atoms with Gasteiger partial charge >= 0.3 is 5.97 Å². The number of hydrogen-bond donors (Lipinski definition) is 0. The predicted octanol–water partition coefficient (Wildman–Crippen LogP) is 3.06. The fourth-order valence-corrected chi connectivity index (χ4v) is 2.55. The summed E-state index contributed by atoms with van der Waals surface area (Å²) in [4.78, 5) is 17.5. The first-order valence-electron chi connectivity index (χ1n) is 5.66. The highest BCUT2D eigenvalue weighted by Crippen LogP contribution is 2.28. The Morgan fingerprint density at radius 1 is 1.59 bits per heavy atom. The van der Waals surface area contributed by atoms with E-state index in [4.69, 9.17) is 4.74 Å². The topological polar surface area (TPSA) is 39.2 Å². The van der Waals surface area contributed by atoms with E-state index in [9.17, 15) is 4.79 Å². The van der Waals surface area contributed by atoms with Crippen LogP contribution in [-0.2, 0) is 16.0 Å². The van der Waals surface area contributed by atoms with Crippen molar-refractivity contribution in [3.05, 3.63) is 28.2 Å². The molecule has 1 aromatic rings. The molecule has 0 saturated carbocycles. The zero-order valence-corrected chi connectivity index (χ0v) is 11.7. The summed E-state index contributed by atoms with van der Waals surface area (Å²) in [6.07, 6.45) is 2.20. The summed E-state index contributed by atoms with van der Waals surface area (Å²) in [5.41, 5.74) is 0.340. The number of esters is 1. The first-order valence-corrected chi connectivity index (χ1v) is 6.48. The standard InChI is InChI=1S/C13H19NO2S/c1-6-13(5,12(15)16-7-2)8-11-14-9(3)10(4)17-11/h6H,1,7-8H2,2-5H3. The molecule has 0 N–H and O–H groups in total. The number of nitrogens with zero attached hydrogens (tertiary/aromatic N) is 1. The van der Waals surface area contributed by atoms with E-state index in [2.05, 4.69) is 11.6 Å². The van der Waals surface area contributed by atoms with Crippen molar-refractivity contribution in [1.82, 2.24) is 4.98 Å². The van der Waals surface area contributed by atoms with Crippen molar-refractivity contribution in [3.63, 3.8) is 0 Å². The Kier molecular flexibility index (Phi) is 4.46. The van der Waals surface area contributed by atoms with Gasteiger partial charge in [-0.05, 0) is 27.7 Å². The van der Waals surface area contributed by atoms with Gasteiger partial charge in [0, 0.05) is 11.3 Å². The average Bonchev–Trinajstić information content (AvgIpc) is 2.58. The van der Waals surface area contributed by atoms with Gasteiger partial charge < -0.3 is 4.74 Å². The van der Waals surface area contributed by atoms with Crippen molar-refractivity contribution in [1.29, 1.82) is 0 Å². The van der Waals surface area contributed by atoms with Crippen LogP contribution in [0.3, 0.4) is 0 Å². The van der Waals surface area contributed by atoms with Crippen LogP contribution < -0.4 is 0 Å². The number of ether oxygens (including phenoxy) is 1. The summed E-state index contributed by atoms with van der Waals surface area (Å²) in [6, 6.07) is 0. The van der Waals surface area contributed by atoms with Gasteiger partial charge in [0.15, 0.2) is 0 Å². The van der Waals surface area contributed by atoms with Crippen molar-refractivity contribution >= 4 is 17.3 Å². The van der Waals surface area contributed by atoms with E-state index in [-0.39, 0.29) is 5.97 Å². The second-order valence-corrected chi connectivity index (χ2v) is 5.56. The smallest absolute Gasteiger partial charge is 0.316 e. The molecule has 1 unspecified atom stereocenters. The molecule has 0 aliphatic carbocycles. The molecule has 94 valence electrons. The maximum atomic E-state index is 11.9. The molecule has 1 aromatic heterocycles. The summed E-state index contributed by atoms with van der Waals surface area (Å²) < 4.78 is 5.07. The summed E-state index contributed by atoms with van der Waals surface area (Å²) >= 11 is 1.63. The highest BCUT2D eigenvalue weighted by atomic mass is 32.1. The molecule has 3 nitrogen and oxygen atoms in total.